The summed E-state index contributed by atoms with van der Waals surface area (Å²) in [4.78, 5) is 7.47. The van der Waals surface area contributed by atoms with Crippen molar-refractivity contribution < 1.29 is 4.42 Å². The van der Waals surface area contributed by atoms with Crippen LogP contribution in [0.3, 0.4) is 0 Å². The lowest BCUT2D eigenvalue weighted by Crippen LogP contribution is -2.10. The Kier molecular flexibility index (Phi) is 6.20. The predicted molar refractivity (Wildman–Crippen MR) is 207 cm³/mol. The molecule has 0 aliphatic heterocycles. The van der Waals surface area contributed by atoms with Gasteiger partial charge in [0.25, 0.3) is 0 Å². The minimum absolute atomic E-state index is 0.851. The Hall–Kier alpha value is -5.49. The van der Waals surface area contributed by atoms with Crippen LogP contribution in [0.1, 0.15) is 0 Å². The molecule has 0 aliphatic rings. The Morgan fingerprint density at radius 2 is 1.23 bits per heavy atom. The van der Waals surface area contributed by atoms with Crippen molar-refractivity contribution in [2.24, 2.45) is 0 Å². The molecule has 2 aromatic heterocycles. The number of rotatable bonds is 4. The highest BCUT2D eigenvalue weighted by Gasteiger charge is 2.23. The van der Waals surface area contributed by atoms with Crippen LogP contribution in [0.2, 0.25) is 0 Å². The molecular weight excluding hydrogens is 672 g/mol. The summed E-state index contributed by atoms with van der Waals surface area (Å²) in [6.45, 7) is 0. The third kappa shape index (κ3) is 4.21. The molecule has 0 saturated heterocycles. The van der Waals surface area contributed by atoms with E-state index in [4.69, 9.17) is 9.40 Å². The van der Waals surface area contributed by atoms with Gasteiger partial charge in [0.1, 0.15) is 16.2 Å². The number of halogens is 1. The van der Waals surface area contributed by atoms with Gasteiger partial charge >= 0.3 is 0 Å². The zero-order valence-corrected chi connectivity index (χ0v) is 27.9. The average Bonchev–Trinajstić information content (AvgIpc) is 3.75. The molecule has 10 aromatic rings. The van der Waals surface area contributed by atoms with E-state index in [2.05, 4.69) is 172 Å². The van der Waals surface area contributed by atoms with Crippen molar-refractivity contribution in [3.05, 3.63) is 156 Å². The molecule has 0 bridgehead atoms. The number of hydrogen-bond acceptors (Lipinski definition) is 4. The molecule has 0 aliphatic carbocycles. The fourth-order valence-electron chi connectivity index (χ4n) is 7.18. The Balaban J connectivity index is 1.30. The highest BCUT2D eigenvalue weighted by Crippen LogP contribution is 2.48. The number of benzene rings is 8. The van der Waals surface area contributed by atoms with Gasteiger partial charge in [0.15, 0.2) is 0 Å². The summed E-state index contributed by atoms with van der Waals surface area (Å²) in [5.41, 5.74) is 7.06. The molecule has 5 heteroatoms. The second-order valence-electron chi connectivity index (χ2n) is 12.1. The highest BCUT2D eigenvalue weighted by molar-refractivity contribution is 9.10. The molecule has 0 radical (unpaired) electrons. The second-order valence-corrected chi connectivity index (χ2v) is 14.0. The first kappa shape index (κ1) is 27.6. The van der Waals surface area contributed by atoms with Gasteiger partial charge in [0.05, 0.1) is 15.9 Å². The first-order valence-corrected chi connectivity index (χ1v) is 17.5. The van der Waals surface area contributed by atoms with Crippen molar-refractivity contribution in [1.82, 2.24) is 4.98 Å². The van der Waals surface area contributed by atoms with Crippen LogP contribution >= 0.6 is 27.3 Å². The van der Waals surface area contributed by atoms with Gasteiger partial charge < -0.3 is 9.32 Å². The molecule has 0 N–H and O–H groups in total. The molecule has 2 heterocycles. The zero-order valence-electron chi connectivity index (χ0n) is 25.5. The molecule has 0 unspecified atom stereocenters. The van der Waals surface area contributed by atoms with E-state index in [-0.39, 0.29) is 0 Å². The van der Waals surface area contributed by atoms with Crippen molar-refractivity contribution in [3.8, 4) is 10.6 Å². The molecule has 0 amide bonds. The van der Waals surface area contributed by atoms with Gasteiger partial charge in [0.2, 0.25) is 0 Å². The van der Waals surface area contributed by atoms with E-state index in [1.165, 1.54) is 10.1 Å². The van der Waals surface area contributed by atoms with E-state index >= 15 is 0 Å². The minimum Gasteiger partial charge on any atom is -0.455 e. The van der Waals surface area contributed by atoms with E-state index in [0.717, 1.165) is 86.5 Å². The van der Waals surface area contributed by atoms with E-state index in [0.29, 0.717) is 0 Å². The van der Waals surface area contributed by atoms with Crippen molar-refractivity contribution in [1.29, 1.82) is 0 Å². The van der Waals surface area contributed by atoms with E-state index in [1.807, 2.05) is 0 Å². The number of thiazole rings is 1. The van der Waals surface area contributed by atoms with Crippen molar-refractivity contribution in [2.45, 2.75) is 0 Å². The lowest BCUT2D eigenvalue weighted by molar-refractivity contribution is 0.673. The largest absolute Gasteiger partial charge is 0.455 e. The van der Waals surface area contributed by atoms with Crippen LogP contribution in [0.25, 0.3) is 75.0 Å². The number of nitrogens with zero attached hydrogens (tertiary/aromatic N) is 2. The van der Waals surface area contributed by atoms with Gasteiger partial charge in [-0.05, 0) is 79.9 Å². The van der Waals surface area contributed by atoms with Crippen LogP contribution in [-0.2, 0) is 0 Å². The number of para-hydroxylation sites is 2. The monoisotopic (exact) mass is 696 g/mol. The van der Waals surface area contributed by atoms with Gasteiger partial charge in [-0.2, -0.15) is 0 Å². The predicted octanol–water partition coefficient (Wildman–Crippen LogP) is 13.6. The standard InChI is InChI=1S/C43H25BrN2OS/c44-35-23-27-13-5-7-17-31(27)42-41(35)40-33-19-9-8-18-32(33)37(25-38(40)47-42)46(28-14-2-1-3-15-28)29-22-26-12-4-6-16-30(26)34(24-29)43-45-36-20-10-11-21-39(36)48-43/h1-25H. The minimum atomic E-state index is 0.851. The van der Waals surface area contributed by atoms with E-state index in [1.54, 1.807) is 11.3 Å². The first-order chi connectivity index (χ1) is 23.7. The SMILES string of the molecule is Brc1cc2ccccc2c2oc3cc(N(c4ccccc4)c4cc(-c5nc6ccccc6s5)c5ccccc5c4)c4ccccc4c3c12. The maximum absolute atomic E-state index is 6.85. The topological polar surface area (TPSA) is 29.3 Å². The van der Waals surface area contributed by atoms with Crippen molar-refractivity contribution in [2.75, 3.05) is 4.90 Å². The Bertz CT molecular complexity index is 2840. The maximum atomic E-state index is 6.85. The number of fused-ring (bicyclic) bond motifs is 9. The van der Waals surface area contributed by atoms with Crippen molar-refractivity contribution in [3.63, 3.8) is 0 Å². The highest BCUT2D eigenvalue weighted by atomic mass is 79.9. The second kappa shape index (κ2) is 10.8. The smallest absolute Gasteiger partial charge is 0.144 e. The molecule has 8 aromatic carbocycles. The number of furan rings is 1. The fourth-order valence-corrected chi connectivity index (χ4v) is 8.80. The lowest BCUT2D eigenvalue weighted by Gasteiger charge is -2.28. The van der Waals surface area contributed by atoms with E-state index < -0.39 is 0 Å². The van der Waals surface area contributed by atoms with Crippen LogP contribution < -0.4 is 4.90 Å². The van der Waals surface area contributed by atoms with Crippen LogP contribution in [0, 0.1) is 0 Å². The maximum Gasteiger partial charge on any atom is 0.144 e. The van der Waals surface area contributed by atoms with Gasteiger partial charge in [-0.25, -0.2) is 4.98 Å². The van der Waals surface area contributed by atoms with E-state index in [9.17, 15) is 0 Å². The lowest BCUT2D eigenvalue weighted by atomic mass is 9.98. The molecule has 0 spiro atoms. The molecule has 0 saturated carbocycles. The van der Waals surface area contributed by atoms with Crippen molar-refractivity contribution >= 4 is 109 Å². The quantitative estimate of drug-likeness (QED) is 0.183. The first-order valence-electron chi connectivity index (χ1n) is 15.9. The molecule has 3 nitrogen and oxygen atoms in total. The summed E-state index contributed by atoms with van der Waals surface area (Å²) < 4.78 is 9.06. The average molecular weight is 698 g/mol. The van der Waals surface area contributed by atoms with Crippen LogP contribution in [-0.4, -0.2) is 4.98 Å². The molecule has 226 valence electrons. The Morgan fingerprint density at radius 1 is 0.562 bits per heavy atom. The van der Waals surface area contributed by atoms with Gasteiger partial charge in [-0.3, -0.25) is 0 Å². The molecule has 0 fully saturated rings. The van der Waals surface area contributed by atoms with Crippen LogP contribution in [0.4, 0.5) is 17.1 Å². The molecule has 0 atom stereocenters. The number of aromatic nitrogens is 1. The van der Waals surface area contributed by atoms with Crippen LogP contribution in [0.15, 0.2) is 161 Å². The summed E-state index contributed by atoms with van der Waals surface area (Å²) in [7, 11) is 0. The summed E-state index contributed by atoms with van der Waals surface area (Å²) in [5, 5.41) is 10.1. The Morgan fingerprint density at radius 3 is 2.04 bits per heavy atom. The van der Waals surface area contributed by atoms with Gasteiger partial charge in [-0.1, -0.05) is 103 Å². The summed E-state index contributed by atoms with van der Waals surface area (Å²) in [6.07, 6.45) is 0. The molecule has 48 heavy (non-hydrogen) atoms. The number of hydrogen-bond donors (Lipinski definition) is 0. The Labute approximate surface area is 288 Å². The van der Waals surface area contributed by atoms with Gasteiger partial charge in [0, 0.05) is 49.0 Å². The van der Waals surface area contributed by atoms with Gasteiger partial charge in [-0.15, -0.1) is 11.3 Å². The molecule has 10 rings (SSSR count). The summed E-state index contributed by atoms with van der Waals surface area (Å²) in [6, 6.07) is 53.7. The normalized spacial score (nSPS) is 11.9. The van der Waals surface area contributed by atoms with Crippen LogP contribution in [0.5, 0.6) is 0 Å². The summed E-state index contributed by atoms with van der Waals surface area (Å²) in [5.74, 6) is 0. The molecular formula is C43H25BrN2OS. The number of anilines is 3. The zero-order chi connectivity index (χ0) is 31.8. The third-order valence-corrected chi connectivity index (χ3v) is 11.0. The summed E-state index contributed by atoms with van der Waals surface area (Å²) >= 11 is 5.65. The fraction of sp³-hybridized carbons (Fsp3) is 0. The third-order valence-electron chi connectivity index (χ3n) is 9.29.